The van der Waals surface area contributed by atoms with Gasteiger partial charge in [0, 0.05) is 21.5 Å². The summed E-state index contributed by atoms with van der Waals surface area (Å²) in [4.78, 5) is 17.9. The Morgan fingerprint density at radius 3 is 2.64 bits per heavy atom. The van der Waals surface area contributed by atoms with E-state index in [2.05, 4.69) is 15.4 Å². The van der Waals surface area contributed by atoms with Gasteiger partial charge in [0.1, 0.15) is 17.7 Å². The number of nitrogens with one attached hydrogen (secondary N) is 1. The van der Waals surface area contributed by atoms with Gasteiger partial charge in [-0.2, -0.15) is 5.10 Å². The van der Waals surface area contributed by atoms with Crippen molar-refractivity contribution in [3.63, 3.8) is 0 Å². The number of hydrogen-bond acceptors (Lipinski definition) is 5. The largest absolute Gasteiger partial charge is 0.484 e. The highest BCUT2D eigenvalue weighted by Gasteiger charge is 2.25. The summed E-state index contributed by atoms with van der Waals surface area (Å²) in [7, 11) is 0. The number of aryl methyl sites for hydroxylation is 1. The van der Waals surface area contributed by atoms with E-state index in [9.17, 15) is 9.18 Å². The quantitative estimate of drug-likeness (QED) is 0.265. The number of aromatic nitrogens is 3. The van der Waals surface area contributed by atoms with Gasteiger partial charge in [-0.1, -0.05) is 23.7 Å². The number of carbonyl (C=O) groups excluding carboxylic acids is 1. The van der Waals surface area contributed by atoms with E-state index in [1.54, 1.807) is 35.3 Å². The second-order valence-electron chi connectivity index (χ2n) is 8.39. The molecule has 6 nitrogen and oxygen atoms in total. The molecule has 1 amide bonds. The van der Waals surface area contributed by atoms with Crippen molar-refractivity contribution in [1.82, 2.24) is 20.1 Å². The molecule has 0 saturated carbocycles. The van der Waals surface area contributed by atoms with Crippen molar-refractivity contribution < 1.29 is 13.9 Å². The standard InChI is InChI=1S/C27H22ClFN4O2S/c1-16-14-30-27(36-16)26(34)32-17(2)25(18-4-3-5-20(28)12-18)35-23-10-11-24-19(13-23)15-31-33(24)22-8-6-21(29)7-9-22/h3-15,17,25H,1-2H3,(H,32,34)/t17-,25+/m0/s1. The van der Waals surface area contributed by atoms with Gasteiger partial charge in [-0.25, -0.2) is 14.1 Å². The fourth-order valence-corrected chi connectivity index (χ4v) is 4.83. The molecule has 3 aromatic carbocycles. The Balaban J connectivity index is 1.43. The van der Waals surface area contributed by atoms with Gasteiger partial charge in [0.15, 0.2) is 5.01 Å². The number of nitrogens with zero attached hydrogens (tertiary/aromatic N) is 3. The summed E-state index contributed by atoms with van der Waals surface area (Å²) in [6.07, 6.45) is 2.89. The molecule has 36 heavy (non-hydrogen) atoms. The molecule has 0 aliphatic carbocycles. The maximum atomic E-state index is 13.3. The molecule has 0 aliphatic heterocycles. The third kappa shape index (κ3) is 5.10. The van der Waals surface area contributed by atoms with E-state index in [0.717, 1.165) is 27.0 Å². The molecule has 2 heterocycles. The Labute approximate surface area is 216 Å². The van der Waals surface area contributed by atoms with Crippen LogP contribution in [0.5, 0.6) is 5.75 Å². The van der Waals surface area contributed by atoms with Crippen molar-refractivity contribution >= 4 is 39.7 Å². The molecule has 0 saturated heterocycles. The van der Waals surface area contributed by atoms with Crippen molar-refractivity contribution in [2.45, 2.75) is 26.0 Å². The lowest BCUT2D eigenvalue weighted by atomic mass is 10.0. The maximum Gasteiger partial charge on any atom is 0.280 e. The predicted octanol–water partition coefficient (Wildman–Crippen LogP) is 6.52. The molecular weight excluding hydrogens is 499 g/mol. The van der Waals surface area contributed by atoms with Crippen LogP contribution in [-0.4, -0.2) is 26.7 Å². The molecule has 1 N–H and O–H groups in total. The molecule has 9 heteroatoms. The van der Waals surface area contributed by atoms with E-state index < -0.39 is 12.1 Å². The van der Waals surface area contributed by atoms with Gasteiger partial charge in [0.25, 0.3) is 5.91 Å². The van der Waals surface area contributed by atoms with E-state index in [-0.39, 0.29) is 11.7 Å². The SMILES string of the molecule is Cc1cnc(C(=O)N[C@@H](C)[C@@H](Oc2ccc3c(cnn3-c3ccc(F)cc3)c2)c2cccc(Cl)c2)s1. The number of amides is 1. The Morgan fingerprint density at radius 2 is 1.92 bits per heavy atom. The zero-order chi connectivity index (χ0) is 25.2. The van der Waals surface area contributed by atoms with E-state index in [4.69, 9.17) is 16.3 Å². The lowest BCUT2D eigenvalue weighted by molar-refractivity contribution is 0.0881. The van der Waals surface area contributed by atoms with Crippen LogP contribution >= 0.6 is 22.9 Å². The minimum absolute atomic E-state index is 0.257. The molecule has 0 fully saturated rings. The number of rotatable bonds is 7. The number of carbonyl (C=O) groups is 1. The molecule has 5 rings (SSSR count). The highest BCUT2D eigenvalue weighted by molar-refractivity contribution is 7.13. The van der Waals surface area contributed by atoms with Crippen LogP contribution in [0.1, 0.15) is 33.3 Å². The van der Waals surface area contributed by atoms with Crippen LogP contribution < -0.4 is 10.1 Å². The third-order valence-electron chi connectivity index (χ3n) is 5.68. The third-order valence-corrected chi connectivity index (χ3v) is 6.83. The molecular formula is C27H22ClFN4O2S. The molecule has 0 unspecified atom stereocenters. The van der Waals surface area contributed by atoms with Gasteiger partial charge in [-0.05, 0) is 74.0 Å². The Morgan fingerprint density at radius 1 is 1.11 bits per heavy atom. The molecule has 0 radical (unpaired) electrons. The average molecular weight is 521 g/mol. The Bertz CT molecular complexity index is 1530. The van der Waals surface area contributed by atoms with Crippen LogP contribution in [0.25, 0.3) is 16.6 Å². The van der Waals surface area contributed by atoms with Crippen LogP contribution in [0.3, 0.4) is 0 Å². The second-order valence-corrected chi connectivity index (χ2v) is 10.1. The van der Waals surface area contributed by atoms with Crippen molar-refractivity contribution in [2.75, 3.05) is 0 Å². The highest BCUT2D eigenvalue weighted by atomic mass is 35.5. The topological polar surface area (TPSA) is 69.0 Å². The predicted molar refractivity (Wildman–Crippen MR) is 140 cm³/mol. The molecule has 2 atom stereocenters. The first-order valence-corrected chi connectivity index (χ1v) is 12.5. The summed E-state index contributed by atoms with van der Waals surface area (Å²) >= 11 is 7.60. The minimum atomic E-state index is -0.515. The van der Waals surface area contributed by atoms with E-state index in [0.29, 0.717) is 15.8 Å². The summed E-state index contributed by atoms with van der Waals surface area (Å²) in [6.45, 7) is 3.79. The fraction of sp³-hybridized carbons (Fsp3) is 0.148. The van der Waals surface area contributed by atoms with Crippen molar-refractivity contribution in [1.29, 1.82) is 0 Å². The lowest BCUT2D eigenvalue weighted by Crippen LogP contribution is -2.39. The molecule has 2 aromatic heterocycles. The van der Waals surface area contributed by atoms with Gasteiger partial charge in [0.2, 0.25) is 0 Å². The van der Waals surface area contributed by atoms with Gasteiger partial charge < -0.3 is 10.1 Å². The number of benzene rings is 3. The molecule has 182 valence electrons. The first kappa shape index (κ1) is 24.0. The second kappa shape index (κ2) is 10.1. The Hall–Kier alpha value is -3.75. The summed E-state index contributed by atoms with van der Waals surface area (Å²) in [5.41, 5.74) is 2.44. The lowest BCUT2D eigenvalue weighted by Gasteiger charge is -2.26. The van der Waals surface area contributed by atoms with Crippen LogP contribution in [0.4, 0.5) is 4.39 Å². The normalized spacial score (nSPS) is 12.9. The number of hydrogen-bond donors (Lipinski definition) is 1. The van der Waals surface area contributed by atoms with E-state index >= 15 is 0 Å². The fourth-order valence-electron chi connectivity index (χ4n) is 3.97. The highest BCUT2D eigenvalue weighted by Crippen LogP contribution is 2.30. The van der Waals surface area contributed by atoms with Gasteiger partial charge in [0.05, 0.1) is 23.4 Å². The average Bonchev–Trinajstić information content (AvgIpc) is 3.49. The summed E-state index contributed by atoms with van der Waals surface area (Å²) in [6, 6.07) is 18.8. The summed E-state index contributed by atoms with van der Waals surface area (Å²) in [5, 5.41) is 9.30. The van der Waals surface area contributed by atoms with E-state index in [1.807, 2.05) is 50.2 Å². The van der Waals surface area contributed by atoms with Crippen molar-refractivity contribution in [3.8, 4) is 11.4 Å². The zero-order valence-electron chi connectivity index (χ0n) is 19.5. The van der Waals surface area contributed by atoms with Crippen LogP contribution in [0.15, 0.2) is 79.1 Å². The smallest absolute Gasteiger partial charge is 0.280 e. The number of ether oxygens (including phenoxy) is 1. The van der Waals surface area contributed by atoms with Gasteiger partial charge >= 0.3 is 0 Å². The molecule has 0 spiro atoms. The number of fused-ring (bicyclic) bond motifs is 1. The monoisotopic (exact) mass is 520 g/mol. The number of thiazole rings is 1. The summed E-state index contributed by atoms with van der Waals surface area (Å²) in [5.74, 6) is 0.0498. The Kier molecular flexibility index (Phi) is 6.71. The maximum absolute atomic E-state index is 13.3. The number of halogens is 2. The first-order chi connectivity index (χ1) is 17.4. The molecule has 5 aromatic rings. The first-order valence-electron chi connectivity index (χ1n) is 11.3. The molecule has 0 aliphatic rings. The zero-order valence-corrected chi connectivity index (χ0v) is 21.1. The minimum Gasteiger partial charge on any atom is -0.484 e. The van der Waals surface area contributed by atoms with E-state index in [1.165, 1.54) is 23.5 Å². The van der Waals surface area contributed by atoms with Gasteiger partial charge in [-0.3, -0.25) is 4.79 Å². The van der Waals surface area contributed by atoms with Crippen LogP contribution in [0.2, 0.25) is 5.02 Å². The van der Waals surface area contributed by atoms with Crippen molar-refractivity contribution in [2.24, 2.45) is 0 Å². The van der Waals surface area contributed by atoms with Crippen LogP contribution in [0, 0.1) is 12.7 Å². The van der Waals surface area contributed by atoms with Gasteiger partial charge in [-0.15, -0.1) is 11.3 Å². The van der Waals surface area contributed by atoms with Crippen LogP contribution in [-0.2, 0) is 0 Å². The molecule has 0 bridgehead atoms. The van der Waals surface area contributed by atoms with Crippen molar-refractivity contribution in [3.05, 3.63) is 105 Å². The summed E-state index contributed by atoms with van der Waals surface area (Å²) < 4.78 is 21.5.